The molecular formula is C14H11N3O. The summed E-state index contributed by atoms with van der Waals surface area (Å²) in [5.74, 6) is 1.43. The van der Waals surface area contributed by atoms with Crippen molar-refractivity contribution in [3.05, 3.63) is 59.4 Å². The molecule has 0 spiro atoms. The van der Waals surface area contributed by atoms with Crippen LogP contribution in [0.3, 0.4) is 0 Å². The molecule has 0 amide bonds. The van der Waals surface area contributed by atoms with Gasteiger partial charge in [0.25, 0.3) is 5.70 Å². The average Bonchev–Trinajstić information content (AvgIpc) is 2.77. The third-order valence-electron chi connectivity index (χ3n) is 2.57. The van der Waals surface area contributed by atoms with Crippen LogP contribution in [-0.4, -0.2) is 6.54 Å². The van der Waals surface area contributed by atoms with E-state index in [1.165, 1.54) is 6.08 Å². The summed E-state index contributed by atoms with van der Waals surface area (Å²) in [6, 6.07) is 9.54. The summed E-state index contributed by atoms with van der Waals surface area (Å²) >= 11 is 0. The molecule has 0 radical (unpaired) electrons. The van der Waals surface area contributed by atoms with Gasteiger partial charge in [-0.15, -0.1) is 0 Å². The Labute approximate surface area is 106 Å². The number of para-hydroxylation sites is 2. The van der Waals surface area contributed by atoms with Crippen LogP contribution in [0, 0.1) is 17.9 Å². The van der Waals surface area contributed by atoms with E-state index in [-0.39, 0.29) is 5.70 Å². The lowest BCUT2D eigenvalue weighted by molar-refractivity contribution is 0.440. The molecule has 18 heavy (non-hydrogen) atoms. The standard InChI is InChI=1S/C14H11N3O/c1-3-17-12-6-4-5-7-13(12)18-14(17)9-8-11(10-15)16-2/h4-9H,3H2,1H3. The predicted octanol–water partition coefficient (Wildman–Crippen LogP) is 3.07. The molecule has 0 saturated heterocycles. The lowest BCUT2D eigenvalue weighted by Crippen LogP contribution is -2.19. The summed E-state index contributed by atoms with van der Waals surface area (Å²) in [5, 5.41) is 8.68. The van der Waals surface area contributed by atoms with Crippen molar-refractivity contribution in [2.24, 2.45) is 0 Å². The molecule has 0 fully saturated rings. The van der Waals surface area contributed by atoms with E-state index in [9.17, 15) is 0 Å². The van der Waals surface area contributed by atoms with Gasteiger partial charge in [0.1, 0.15) is 0 Å². The van der Waals surface area contributed by atoms with Gasteiger partial charge >= 0.3 is 0 Å². The summed E-state index contributed by atoms with van der Waals surface area (Å²) in [4.78, 5) is 5.09. The molecule has 4 heteroatoms. The first-order valence-corrected chi connectivity index (χ1v) is 5.54. The molecule has 0 unspecified atom stereocenters. The molecule has 1 aromatic rings. The van der Waals surface area contributed by atoms with E-state index in [0.717, 1.165) is 18.0 Å². The van der Waals surface area contributed by atoms with E-state index in [1.807, 2.05) is 42.2 Å². The zero-order valence-electron chi connectivity index (χ0n) is 9.92. The Hall–Kier alpha value is -2.72. The largest absolute Gasteiger partial charge is 0.439 e. The Morgan fingerprint density at radius 3 is 3.00 bits per heavy atom. The van der Waals surface area contributed by atoms with Crippen molar-refractivity contribution in [2.45, 2.75) is 6.92 Å². The number of allylic oxidation sites excluding steroid dienone is 3. The summed E-state index contributed by atoms with van der Waals surface area (Å²) in [5.41, 5.74) is 1.04. The smallest absolute Gasteiger partial charge is 0.262 e. The van der Waals surface area contributed by atoms with E-state index in [4.69, 9.17) is 16.6 Å². The minimum atomic E-state index is 0.0399. The fourth-order valence-electron chi connectivity index (χ4n) is 1.75. The van der Waals surface area contributed by atoms with Crippen LogP contribution < -0.4 is 9.64 Å². The minimum absolute atomic E-state index is 0.0399. The zero-order valence-corrected chi connectivity index (χ0v) is 9.92. The number of nitriles is 1. The molecule has 1 aliphatic rings. The van der Waals surface area contributed by atoms with Crippen molar-refractivity contribution < 1.29 is 4.74 Å². The van der Waals surface area contributed by atoms with E-state index in [2.05, 4.69) is 4.85 Å². The maximum Gasteiger partial charge on any atom is 0.262 e. The highest BCUT2D eigenvalue weighted by molar-refractivity contribution is 5.66. The number of hydrogen-bond donors (Lipinski definition) is 0. The maximum absolute atomic E-state index is 8.68. The first-order valence-electron chi connectivity index (χ1n) is 5.54. The van der Waals surface area contributed by atoms with E-state index >= 15 is 0 Å². The zero-order chi connectivity index (χ0) is 13.0. The van der Waals surface area contributed by atoms with Gasteiger partial charge in [0.2, 0.25) is 0 Å². The maximum atomic E-state index is 8.68. The quantitative estimate of drug-likeness (QED) is 0.586. The van der Waals surface area contributed by atoms with Gasteiger partial charge in [-0.05, 0) is 31.2 Å². The van der Waals surface area contributed by atoms with Crippen LogP contribution in [0.25, 0.3) is 4.85 Å². The average molecular weight is 237 g/mol. The number of hydrogen-bond acceptors (Lipinski definition) is 3. The van der Waals surface area contributed by atoms with Crippen molar-refractivity contribution in [3.8, 4) is 11.8 Å². The Morgan fingerprint density at radius 1 is 1.56 bits per heavy atom. The lowest BCUT2D eigenvalue weighted by atomic mass is 10.3. The molecule has 0 aromatic heterocycles. The van der Waals surface area contributed by atoms with Gasteiger partial charge in [-0.2, -0.15) is 0 Å². The van der Waals surface area contributed by atoms with Gasteiger partial charge in [-0.25, -0.2) is 10.1 Å². The van der Waals surface area contributed by atoms with E-state index in [0.29, 0.717) is 5.88 Å². The van der Waals surface area contributed by atoms with Crippen LogP contribution in [-0.2, 0) is 0 Å². The second-order valence-electron chi connectivity index (χ2n) is 3.59. The first kappa shape index (κ1) is 11.8. The van der Waals surface area contributed by atoms with Crippen molar-refractivity contribution in [1.29, 1.82) is 5.26 Å². The van der Waals surface area contributed by atoms with Crippen LogP contribution in [0.1, 0.15) is 6.92 Å². The second kappa shape index (κ2) is 5.07. The fraction of sp³-hybridized carbons (Fsp3) is 0.143. The monoisotopic (exact) mass is 237 g/mol. The van der Waals surface area contributed by atoms with Crippen LogP contribution in [0.5, 0.6) is 5.75 Å². The molecule has 88 valence electrons. The van der Waals surface area contributed by atoms with Crippen molar-refractivity contribution in [1.82, 2.24) is 0 Å². The highest BCUT2D eigenvalue weighted by Gasteiger charge is 2.23. The number of nitrogens with zero attached hydrogens (tertiary/aromatic N) is 3. The number of anilines is 1. The molecule has 0 bridgehead atoms. The van der Waals surface area contributed by atoms with Gasteiger partial charge < -0.3 is 9.64 Å². The molecule has 1 aliphatic heterocycles. The number of ether oxygens (including phenoxy) is 1. The van der Waals surface area contributed by atoms with Gasteiger partial charge in [-0.3, -0.25) is 0 Å². The van der Waals surface area contributed by atoms with Gasteiger partial charge in [0, 0.05) is 6.54 Å². The molecular weight excluding hydrogens is 226 g/mol. The van der Waals surface area contributed by atoms with Crippen LogP contribution in [0.4, 0.5) is 5.69 Å². The van der Waals surface area contributed by atoms with E-state index < -0.39 is 0 Å². The van der Waals surface area contributed by atoms with Crippen molar-refractivity contribution in [2.75, 3.05) is 11.4 Å². The second-order valence-corrected chi connectivity index (χ2v) is 3.59. The lowest BCUT2D eigenvalue weighted by Gasteiger charge is -2.14. The highest BCUT2D eigenvalue weighted by atomic mass is 16.5. The molecule has 0 aliphatic carbocycles. The normalized spacial score (nSPS) is 15.8. The topological polar surface area (TPSA) is 40.6 Å². The summed E-state index contributed by atoms with van der Waals surface area (Å²) in [6.07, 6.45) is 3.12. The van der Waals surface area contributed by atoms with Gasteiger partial charge in [-0.1, -0.05) is 12.1 Å². The van der Waals surface area contributed by atoms with Crippen LogP contribution in [0.2, 0.25) is 0 Å². The van der Waals surface area contributed by atoms with Crippen molar-refractivity contribution in [3.63, 3.8) is 0 Å². The minimum Gasteiger partial charge on any atom is -0.439 e. The third-order valence-corrected chi connectivity index (χ3v) is 2.57. The molecule has 1 heterocycles. The highest BCUT2D eigenvalue weighted by Crippen LogP contribution is 2.38. The molecule has 0 saturated carbocycles. The van der Waals surface area contributed by atoms with Gasteiger partial charge in [0.15, 0.2) is 11.6 Å². The Kier molecular flexibility index (Phi) is 3.31. The Morgan fingerprint density at radius 2 is 2.33 bits per heavy atom. The molecule has 2 rings (SSSR count). The number of fused-ring (bicyclic) bond motifs is 1. The summed E-state index contributed by atoms with van der Waals surface area (Å²) in [7, 11) is 0. The van der Waals surface area contributed by atoms with Crippen LogP contribution >= 0.6 is 0 Å². The Balaban J connectivity index is 2.34. The fourth-order valence-corrected chi connectivity index (χ4v) is 1.75. The van der Waals surface area contributed by atoms with Gasteiger partial charge in [0.05, 0.1) is 18.3 Å². The SMILES string of the molecule is [C-]#[N+]C(C#N)=CC=C1Oc2ccccc2N1CC. The predicted molar refractivity (Wildman–Crippen MR) is 68.5 cm³/mol. The van der Waals surface area contributed by atoms with Crippen molar-refractivity contribution >= 4 is 5.69 Å². The summed E-state index contributed by atoms with van der Waals surface area (Å²) in [6.45, 7) is 9.59. The first-order chi connectivity index (χ1) is 8.80. The Bertz CT molecular complexity index is 586. The number of benzene rings is 1. The molecule has 4 nitrogen and oxygen atoms in total. The molecule has 0 atom stereocenters. The van der Waals surface area contributed by atoms with E-state index in [1.54, 1.807) is 6.08 Å². The van der Waals surface area contributed by atoms with Crippen LogP contribution in [0.15, 0.2) is 48.0 Å². The summed E-state index contributed by atoms with van der Waals surface area (Å²) < 4.78 is 5.68. The molecule has 1 aromatic carbocycles. The number of rotatable bonds is 2. The molecule has 0 N–H and O–H groups in total. The third kappa shape index (κ3) is 2.05.